The molecule has 1 rings (SSSR count). The number of nitrogens with one attached hydrogen (secondary N) is 1. The van der Waals surface area contributed by atoms with Crippen molar-refractivity contribution in [1.29, 1.82) is 0 Å². The van der Waals surface area contributed by atoms with Crippen LogP contribution in [0.15, 0.2) is 12.2 Å². The summed E-state index contributed by atoms with van der Waals surface area (Å²) in [5.41, 5.74) is 0. The molecule has 2 heteroatoms. The van der Waals surface area contributed by atoms with Crippen LogP contribution in [0.2, 0.25) is 0 Å². The smallest absolute Gasteiger partial charge is 0.0135 e. The predicted molar refractivity (Wildman–Crippen MR) is 32.4 cm³/mol. The van der Waals surface area contributed by atoms with Crippen LogP contribution in [0.1, 0.15) is 6.42 Å². The van der Waals surface area contributed by atoms with E-state index in [2.05, 4.69) is 17.5 Å². The van der Waals surface area contributed by atoms with Gasteiger partial charge in [0.15, 0.2) is 0 Å². The quantitative estimate of drug-likeness (QED) is 0.330. The van der Waals surface area contributed by atoms with Crippen LogP contribution in [0.5, 0.6) is 0 Å². The molecule has 0 spiro atoms. The normalized spacial score (nSPS) is 18.3. The molecule has 7 heavy (non-hydrogen) atoms. The Hall–Kier alpha value is 0.297. The van der Waals surface area contributed by atoms with Gasteiger partial charge in [-0.05, 0) is 13.0 Å². The summed E-state index contributed by atoms with van der Waals surface area (Å²) in [5.74, 6) is 0. The molecule has 0 aliphatic carbocycles. The van der Waals surface area contributed by atoms with Gasteiger partial charge in [-0.2, -0.15) is 0 Å². The fourth-order valence-corrected chi connectivity index (χ4v) is 0.572. The number of hydrogen-bond donors (Lipinski definition) is 1. The van der Waals surface area contributed by atoms with E-state index in [9.17, 15) is 0 Å². The van der Waals surface area contributed by atoms with Crippen LogP contribution in [0.4, 0.5) is 0 Å². The second-order valence-electron chi connectivity index (χ2n) is 1.46. The first kappa shape index (κ1) is 7.30. The van der Waals surface area contributed by atoms with E-state index in [0.29, 0.717) is 0 Å². The molecule has 0 atom stereocenters. The maximum atomic E-state index is 3.20. The topological polar surface area (TPSA) is 12.0 Å². The minimum Gasteiger partial charge on any atom is -0.313 e. The molecule has 35 valence electrons. The molecule has 1 aliphatic rings. The summed E-state index contributed by atoms with van der Waals surface area (Å²) in [4.78, 5) is 0. The molecule has 0 bridgehead atoms. The van der Waals surface area contributed by atoms with Crippen molar-refractivity contribution in [3.63, 3.8) is 0 Å². The number of hydrogen-bond acceptors (Lipinski definition) is 1. The van der Waals surface area contributed by atoms with Gasteiger partial charge in [0, 0.05) is 25.4 Å². The minimum atomic E-state index is 0. The van der Waals surface area contributed by atoms with Gasteiger partial charge in [0.1, 0.15) is 0 Å². The third kappa shape index (κ3) is 2.93. The van der Waals surface area contributed by atoms with Crippen LogP contribution in [-0.2, 0) is 0 Å². The molecule has 1 radical (unpaired) electrons. The molecule has 0 aromatic heterocycles. The average molecular weight is 90.1 g/mol. The Morgan fingerprint density at radius 3 is 2.29 bits per heavy atom. The first-order chi connectivity index (χ1) is 3.00. The Morgan fingerprint density at radius 2 is 2.14 bits per heavy atom. The van der Waals surface area contributed by atoms with E-state index in [1.165, 1.54) is 6.42 Å². The minimum absolute atomic E-state index is 0. The van der Waals surface area contributed by atoms with Gasteiger partial charge in [0.2, 0.25) is 0 Å². The van der Waals surface area contributed by atoms with E-state index >= 15 is 0 Å². The van der Waals surface area contributed by atoms with Gasteiger partial charge in [-0.3, -0.25) is 0 Å². The van der Waals surface area contributed by atoms with Gasteiger partial charge in [0.05, 0.1) is 0 Å². The van der Waals surface area contributed by atoms with Gasteiger partial charge in [-0.25, -0.2) is 0 Å². The molecule has 0 fully saturated rings. The molecular weight excluding hydrogens is 81.0 g/mol. The van der Waals surface area contributed by atoms with Crippen molar-refractivity contribution in [3.8, 4) is 0 Å². The van der Waals surface area contributed by atoms with Crippen molar-refractivity contribution >= 4 is 18.9 Å². The van der Waals surface area contributed by atoms with Crippen molar-refractivity contribution in [1.82, 2.24) is 5.32 Å². The Kier molecular flexibility index (Phi) is 4.65. The van der Waals surface area contributed by atoms with E-state index in [-0.39, 0.29) is 18.9 Å². The first-order valence-electron chi connectivity index (χ1n) is 2.36. The molecule has 0 amide bonds. The van der Waals surface area contributed by atoms with E-state index in [0.717, 1.165) is 13.1 Å². The van der Waals surface area contributed by atoms with Crippen molar-refractivity contribution in [2.45, 2.75) is 6.42 Å². The third-order valence-corrected chi connectivity index (χ3v) is 0.917. The summed E-state index contributed by atoms with van der Waals surface area (Å²) in [7, 11) is 0. The monoisotopic (exact) mass is 90.1 g/mol. The standard InChI is InChI=1S/C5H9N.Li/c1-2-4-6-5-3-1;/h1-2,6H,3-5H2;. The van der Waals surface area contributed by atoms with E-state index in [1.807, 2.05) is 0 Å². The van der Waals surface area contributed by atoms with E-state index in [4.69, 9.17) is 0 Å². The first-order valence-corrected chi connectivity index (χ1v) is 2.36. The second kappa shape index (κ2) is 4.46. The van der Waals surface area contributed by atoms with Crippen LogP contribution in [-0.4, -0.2) is 32.0 Å². The Labute approximate surface area is 56.4 Å². The molecule has 1 N–H and O–H groups in total. The Bertz CT molecular complexity index is 53.1. The van der Waals surface area contributed by atoms with Crippen LogP contribution in [0, 0.1) is 0 Å². The van der Waals surface area contributed by atoms with E-state index in [1.54, 1.807) is 0 Å². The second-order valence-corrected chi connectivity index (χ2v) is 1.46. The summed E-state index contributed by atoms with van der Waals surface area (Å²) < 4.78 is 0. The molecule has 1 heterocycles. The molecule has 1 aliphatic heterocycles. The maximum Gasteiger partial charge on any atom is 0.0135 e. The summed E-state index contributed by atoms with van der Waals surface area (Å²) in [6, 6.07) is 0. The fraction of sp³-hybridized carbons (Fsp3) is 0.600. The largest absolute Gasteiger partial charge is 0.313 e. The van der Waals surface area contributed by atoms with Crippen LogP contribution >= 0.6 is 0 Å². The fourth-order valence-electron chi connectivity index (χ4n) is 0.572. The SMILES string of the molecule is C1=CCNCC1.[Li]. The zero-order valence-corrected chi connectivity index (χ0v) is 4.78. The summed E-state index contributed by atoms with van der Waals surface area (Å²) in [5, 5.41) is 3.20. The molecular formula is C5H9LiN. The Morgan fingerprint density at radius 1 is 1.29 bits per heavy atom. The van der Waals surface area contributed by atoms with Crippen molar-refractivity contribution in [3.05, 3.63) is 12.2 Å². The van der Waals surface area contributed by atoms with Gasteiger partial charge >= 0.3 is 0 Å². The third-order valence-electron chi connectivity index (χ3n) is 0.917. The summed E-state index contributed by atoms with van der Waals surface area (Å²) >= 11 is 0. The van der Waals surface area contributed by atoms with Crippen molar-refractivity contribution < 1.29 is 0 Å². The summed E-state index contributed by atoms with van der Waals surface area (Å²) in [6.07, 6.45) is 5.57. The molecule has 0 aromatic carbocycles. The number of rotatable bonds is 0. The van der Waals surface area contributed by atoms with Gasteiger partial charge in [-0.1, -0.05) is 12.2 Å². The maximum absolute atomic E-state index is 3.20. The van der Waals surface area contributed by atoms with Crippen LogP contribution < -0.4 is 5.32 Å². The molecule has 0 saturated heterocycles. The predicted octanol–water partition coefficient (Wildman–Crippen LogP) is 0.155. The molecule has 0 saturated carbocycles. The van der Waals surface area contributed by atoms with Gasteiger partial charge < -0.3 is 5.32 Å². The van der Waals surface area contributed by atoms with Gasteiger partial charge in [0.25, 0.3) is 0 Å². The Balaban J connectivity index is 0.000000360. The molecule has 0 unspecified atom stereocenters. The average Bonchev–Trinajstić information content (AvgIpc) is 1.72. The van der Waals surface area contributed by atoms with Crippen molar-refractivity contribution in [2.75, 3.05) is 13.1 Å². The van der Waals surface area contributed by atoms with Crippen LogP contribution in [0.3, 0.4) is 0 Å². The molecule has 1 nitrogen and oxygen atoms in total. The van der Waals surface area contributed by atoms with E-state index < -0.39 is 0 Å². The molecule has 0 aromatic rings. The van der Waals surface area contributed by atoms with Crippen molar-refractivity contribution in [2.24, 2.45) is 0 Å². The van der Waals surface area contributed by atoms with Gasteiger partial charge in [-0.15, -0.1) is 0 Å². The zero-order valence-electron chi connectivity index (χ0n) is 4.78. The summed E-state index contributed by atoms with van der Waals surface area (Å²) in [6.45, 7) is 2.23. The van der Waals surface area contributed by atoms with Crippen LogP contribution in [0.25, 0.3) is 0 Å². The zero-order chi connectivity index (χ0) is 4.24.